The van der Waals surface area contributed by atoms with Crippen LogP contribution in [0.1, 0.15) is 43.4 Å². The Morgan fingerprint density at radius 2 is 1.88 bits per heavy atom. The van der Waals surface area contributed by atoms with Crippen molar-refractivity contribution in [1.29, 1.82) is 0 Å². The van der Waals surface area contributed by atoms with Crippen LogP contribution in [0.3, 0.4) is 0 Å². The van der Waals surface area contributed by atoms with Crippen LogP contribution in [0, 0.1) is 10.1 Å². The topological polar surface area (TPSA) is 75.8 Å². The van der Waals surface area contributed by atoms with Crippen molar-refractivity contribution in [1.82, 2.24) is 5.01 Å². The van der Waals surface area contributed by atoms with Gasteiger partial charge in [-0.25, -0.2) is 5.01 Å². The van der Waals surface area contributed by atoms with Crippen molar-refractivity contribution in [3.8, 4) is 0 Å². The molecule has 2 aromatic rings. The predicted molar refractivity (Wildman–Crippen MR) is 95.2 cm³/mol. The number of rotatable bonds is 5. The molecule has 0 saturated carbocycles. The summed E-state index contributed by atoms with van der Waals surface area (Å²) in [4.78, 5) is 23.5. The Bertz CT molecular complexity index is 818. The zero-order chi connectivity index (χ0) is 17.8. The third kappa shape index (κ3) is 3.42. The molecule has 6 heteroatoms. The van der Waals surface area contributed by atoms with Crippen LogP contribution in [0.15, 0.2) is 59.7 Å². The van der Waals surface area contributed by atoms with Crippen LogP contribution >= 0.6 is 0 Å². The van der Waals surface area contributed by atoms with E-state index in [9.17, 15) is 14.9 Å². The second kappa shape index (κ2) is 7.25. The normalized spacial score (nSPS) is 16.6. The minimum absolute atomic E-state index is 0.0197. The summed E-state index contributed by atoms with van der Waals surface area (Å²) in [6.07, 6.45) is 1.53. The molecule has 25 heavy (non-hydrogen) atoms. The fraction of sp³-hybridized carbons (Fsp3) is 0.263. The van der Waals surface area contributed by atoms with Gasteiger partial charge in [0.15, 0.2) is 0 Å². The van der Waals surface area contributed by atoms with Crippen molar-refractivity contribution in [2.75, 3.05) is 0 Å². The van der Waals surface area contributed by atoms with Gasteiger partial charge in [0.2, 0.25) is 5.91 Å². The number of hydrogen-bond acceptors (Lipinski definition) is 4. The number of nitrogens with zero attached hydrogens (tertiary/aromatic N) is 3. The van der Waals surface area contributed by atoms with Crippen LogP contribution in [0.5, 0.6) is 0 Å². The minimum Gasteiger partial charge on any atom is -0.273 e. The van der Waals surface area contributed by atoms with Gasteiger partial charge in [-0.2, -0.15) is 5.10 Å². The fourth-order valence-corrected chi connectivity index (χ4v) is 3.05. The van der Waals surface area contributed by atoms with Crippen LogP contribution in [0.4, 0.5) is 5.69 Å². The summed E-state index contributed by atoms with van der Waals surface area (Å²) in [5, 5.41) is 17.3. The van der Waals surface area contributed by atoms with Crippen LogP contribution in [0.2, 0.25) is 0 Å². The number of carbonyl (C=O) groups is 1. The monoisotopic (exact) mass is 337 g/mol. The Kier molecular flexibility index (Phi) is 4.88. The van der Waals surface area contributed by atoms with E-state index in [1.54, 1.807) is 18.2 Å². The fourth-order valence-electron chi connectivity index (χ4n) is 3.05. The highest BCUT2D eigenvalue weighted by Crippen LogP contribution is 2.37. The van der Waals surface area contributed by atoms with Gasteiger partial charge in [-0.1, -0.05) is 49.4 Å². The molecule has 0 fully saturated rings. The number of para-hydroxylation sites is 1. The standard InChI is InChI=1S/C19H19N3O3/c1-2-8-19(23)21-18(15-11-6-7-12-17(15)22(24)25)13-16(20-21)14-9-4-3-5-10-14/h3-7,9-12,18H,2,8,13H2,1H3/t18-/m0/s1. The summed E-state index contributed by atoms with van der Waals surface area (Å²) in [6, 6.07) is 15.7. The minimum atomic E-state index is -0.448. The summed E-state index contributed by atoms with van der Waals surface area (Å²) in [6.45, 7) is 1.93. The van der Waals surface area contributed by atoms with E-state index in [0.29, 0.717) is 24.8 Å². The number of hydrogen-bond donors (Lipinski definition) is 0. The molecule has 0 saturated heterocycles. The molecular weight excluding hydrogens is 318 g/mol. The summed E-state index contributed by atoms with van der Waals surface area (Å²) >= 11 is 0. The molecule has 3 rings (SSSR count). The third-order valence-corrected chi connectivity index (χ3v) is 4.23. The number of hydrazone groups is 1. The summed E-state index contributed by atoms with van der Waals surface area (Å²) in [5.41, 5.74) is 2.24. The first-order valence-electron chi connectivity index (χ1n) is 8.30. The smallest absolute Gasteiger partial charge is 0.273 e. The van der Waals surface area contributed by atoms with Crippen molar-refractivity contribution in [2.45, 2.75) is 32.2 Å². The second-order valence-corrected chi connectivity index (χ2v) is 5.94. The van der Waals surface area contributed by atoms with Gasteiger partial charge >= 0.3 is 0 Å². The maximum atomic E-state index is 12.5. The second-order valence-electron chi connectivity index (χ2n) is 5.94. The summed E-state index contributed by atoms with van der Waals surface area (Å²) < 4.78 is 0. The molecule has 1 heterocycles. The molecule has 1 amide bonds. The van der Waals surface area contributed by atoms with Gasteiger partial charge in [0.1, 0.15) is 0 Å². The molecule has 1 aliphatic heterocycles. The maximum Gasteiger partial charge on any atom is 0.274 e. The van der Waals surface area contributed by atoms with E-state index >= 15 is 0 Å². The lowest BCUT2D eigenvalue weighted by atomic mass is 9.97. The Labute approximate surface area is 145 Å². The molecule has 1 atom stereocenters. The van der Waals surface area contributed by atoms with E-state index in [2.05, 4.69) is 5.10 Å². The van der Waals surface area contributed by atoms with Crippen LogP contribution in [-0.2, 0) is 4.79 Å². The molecule has 1 aliphatic rings. The van der Waals surface area contributed by atoms with Gasteiger partial charge < -0.3 is 0 Å². The van der Waals surface area contributed by atoms with Gasteiger partial charge in [-0.3, -0.25) is 14.9 Å². The number of amides is 1. The molecule has 0 N–H and O–H groups in total. The van der Waals surface area contributed by atoms with E-state index < -0.39 is 11.0 Å². The lowest BCUT2D eigenvalue weighted by Gasteiger charge is -2.21. The van der Waals surface area contributed by atoms with Gasteiger partial charge in [0.25, 0.3) is 5.69 Å². The number of nitro benzene ring substituents is 1. The molecular formula is C19H19N3O3. The molecule has 0 aliphatic carbocycles. The van der Waals surface area contributed by atoms with Gasteiger partial charge in [0.05, 0.1) is 22.2 Å². The zero-order valence-corrected chi connectivity index (χ0v) is 14.0. The summed E-state index contributed by atoms with van der Waals surface area (Å²) in [7, 11) is 0. The first-order valence-corrected chi connectivity index (χ1v) is 8.30. The molecule has 2 aromatic carbocycles. The van der Waals surface area contributed by atoms with Gasteiger partial charge in [-0.15, -0.1) is 0 Å². The van der Waals surface area contributed by atoms with Crippen LogP contribution in [-0.4, -0.2) is 21.6 Å². The number of nitro groups is 1. The Balaban J connectivity index is 2.01. The highest BCUT2D eigenvalue weighted by molar-refractivity contribution is 6.03. The van der Waals surface area contributed by atoms with Crippen molar-refractivity contribution >= 4 is 17.3 Å². The van der Waals surface area contributed by atoms with Crippen molar-refractivity contribution in [3.63, 3.8) is 0 Å². The van der Waals surface area contributed by atoms with E-state index in [1.165, 1.54) is 11.1 Å². The van der Waals surface area contributed by atoms with Crippen molar-refractivity contribution in [3.05, 3.63) is 75.8 Å². The van der Waals surface area contributed by atoms with Crippen LogP contribution in [0.25, 0.3) is 0 Å². The first-order chi connectivity index (χ1) is 12.1. The Hall–Kier alpha value is -3.02. The lowest BCUT2D eigenvalue weighted by Crippen LogP contribution is -2.27. The van der Waals surface area contributed by atoms with E-state index in [-0.39, 0.29) is 11.6 Å². The highest BCUT2D eigenvalue weighted by atomic mass is 16.6. The largest absolute Gasteiger partial charge is 0.274 e. The molecule has 0 bridgehead atoms. The average Bonchev–Trinajstić information content (AvgIpc) is 3.08. The summed E-state index contributed by atoms with van der Waals surface area (Å²) in [5.74, 6) is -0.114. The van der Waals surface area contributed by atoms with Crippen molar-refractivity contribution < 1.29 is 9.72 Å². The first kappa shape index (κ1) is 16.8. The zero-order valence-electron chi connectivity index (χ0n) is 14.0. The number of carbonyl (C=O) groups excluding carboxylic acids is 1. The van der Waals surface area contributed by atoms with Gasteiger partial charge in [-0.05, 0) is 18.1 Å². The van der Waals surface area contributed by atoms with E-state index in [1.807, 2.05) is 37.3 Å². The van der Waals surface area contributed by atoms with E-state index in [0.717, 1.165) is 11.3 Å². The van der Waals surface area contributed by atoms with Gasteiger partial charge in [0, 0.05) is 18.9 Å². The number of benzene rings is 2. The molecule has 0 radical (unpaired) electrons. The Morgan fingerprint density at radius 3 is 2.56 bits per heavy atom. The highest BCUT2D eigenvalue weighted by Gasteiger charge is 2.36. The molecule has 0 aromatic heterocycles. The Morgan fingerprint density at radius 1 is 1.20 bits per heavy atom. The predicted octanol–water partition coefficient (Wildman–Crippen LogP) is 4.07. The average molecular weight is 337 g/mol. The third-order valence-electron chi connectivity index (χ3n) is 4.23. The SMILES string of the molecule is CCCC(=O)N1N=C(c2ccccc2)C[C@H]1c1ccccc1[N+](=O)[O-]. The van der Waals surface area contributed by atoms with Crippen LogP contribution < -0.4 is 0 Å². The lowest BCUT2D eigenvalue weighted by molar-refractivity contribution is -0.385. The molecule has 0 unspecified atom stereocenters. The molecule has 128 valence electrons. The quantitative estimate of drug-likeness (QED) is 0.609. The van der Waals surface area contributed by atoms with E-state index in [4.69, 9.17) is 0 Å². The molecule has 6 nitrogen and oxygen atoms in total. The van der Waals surface area contributed by atoms with Crippen molar-refractivity contribution in [2.24, 2.45) is 5.10 Å². The molecule has 0 spiro atoms. The maximum absolute atomic E-state index is 12.5.